The summed E-state index contributed by atoms with van der Waals surface area (Å²) in [6.45, 7) is 1.27. The monoisotopic (exact) mass is 367 g/mol. The van der Waals surface area contributed by atoms with E-state index in [1.807, 2.05) is 0 Å². The first-order chi connectivity index (χ1) is 11.9. The molecule has 0 aromatic heterocycles. The van der Waals surface area contributed by atoms with E-state index in [1.54, 1.807) is 12.1 Å². The van der Waals surface area contributed by atoms with Crippen molar-refractivity contribution in [3.05, 3.63) is 60.2 Å². The molecule has 2 aromatic carbocycles. The highest BCUT2D eigenvalue weighted by Gasteiger charge is 2.29. The number of benzene rings is 2. The lowest BCUT2D eigenvalue weighted by molar-refractivity contribution is 0.185. The summed E-state index contributed by atoms with van der Waals surface area (Å²) in [6, 6.07) is 10.7. The molecule has 25 heavy (non-hydrogen) atoms. The summed E-state index contributed by atoms with van der Waals surface area (Å²) in [6.07, 6.45) is 1.36. The molecule has 1 saturated heterocycles. The van der Waals surface area contributed by atoms with Gasteiger partial charge in [0, 0.05) is 13.1 Å². The fourth-order valence-corrected chi connectivity index (χ4v) is 4.29. The lowest BCUT2D eigenvalue weighted by atomic mass is 9.99. The molecule has 3 rings (SSSR count). The van der Waals surface area contributed by atoms with Crippen LogP contribution in [-0.2, 0) is 10.0 Å². The number of ether oxygens (including phenoxy) is 1. The summed E-state index contributed by atoms with van der Waals surface area (Å²) in [7, 11) is -3.59. The van der Waals surface area contributed by atoms with E-state index >= 15 is 0 Å². The van der Waals surface area contributed by atoms with Gasteiger partial charge in [0.1, 0.15) is 17.4 Å². The quantitative estimate of drug-likeness (QED) is 0.813. The molecule has 0 N–H and O–H groups in total. The van der Waals surface area contributed by atoms with Crippen molar-refractivity contribution in [3.63, 3.8) is 0 Å². The van der Waals surface area contributed by atoms with Gasteiger partial charge in [-0.25, -0.2) is 17.2 Å². The number of hydrogen-bond acceptors (Lipinski definition) is 3. The van der Waals surface area contributed by atoms with Crippen molar-refractivity contribution in [2.75, 3.05) is 19.7 Å². The van der Waals surface area contributed by atoms with Crippen molar-refractivity contribution in [1.82, 2.24) is 4.31 Å². The van der Waals surface area contributed by atoms with Gasteiger partial charge in [0.05, 0.1) is 11.5 Å². The maximum Gasteiger partial charge on any atom is 0.243 e. The fraction of sp³-hybridized carbons (Fsp3) is 0.333. The van der Waals surface area contributed by atoms with Gasteiger partial charge in [-0.3, -0.25) is 0 Å². The number of nitrogens with zero attached hydrogens (tertiary/aromatic N) is 1. The van der Waals surface area contributed by atoms with Gasteiger partial charge < -0.3 is 4.74 Å². The van der Waals surface area contributed by atoms with Gasteiger partial charge in [-0.05, 0) is 67.3 Å². The SMILES string of the molecule is O=S(=O)(c1ccc(F)cc1)N1CCC(COc2ccc(F)cc2)CC1. The van der Waals surface area contributed by atoms with E-state index in [0.29, 0.717) is 38.3 Å². The van der Waals surface area contributed by atoms with Crippen molar-refractivity contribution in [2.45, 2.75) is 17.7 Å². The molecule has 0 radical (unpaired) electrons. The molecule has 4 nitrogen and oxygen atoms in total. The third kappa shape index (κ3) is 4.35. The first kappa shape index (κ1) is 17.8. The van der Waals surface area contributed by atoms with Crippen LogP contribution in [0.5, 0.6) is 5.75 Å². The molecular formula is C18H19F2NO3S. The van der Waals surface area contributed by atoms with Crippen molar-refractivity contribution >= 4 is 10.0 Å². The van der Waals surface area contributed by atoms with Crippen LogP contribution in [0.2, 0.25) is 0 Å². The van der Waals surface area contributed by atoms with Crippen molar-refractivity contribution in [3.8, 4) is 5.75 Å². The summed E-state index contributed by atoms with van der Waals surface area (Å²) in [5.41, 5.74) is 0. The molecule has 134 valence electrons. The van der Waals surface area contributed by atoms with Crippen LogP contribution in [0.25, 0.3) is 0 Å². The van der Waals surface area contributed by atoms with Crippen LogP contribution in [-0.4, -0.2) is 32.4 Å². The number of sulfonamides is 1. The van der Waals surface area contributed by atoms with Gasteiger partial charge in [-0.15, -0.1) is 0 Å². The van der Waals surface area contributed by atoms with Gasteiger partial charge in [0.25, 0.3) is 0 Å². The summed E-state index contributed by atoms with van der Waals surface area (Å²) in [5, 5.41) is 0. The van der Waals surface area contributed by atoms with Gasteiger partial charge >= 0.3 is 0 Å². The normalized spacial score (nSPS) is 16.7. The Balaban J connectivity index is 1.54. The molecule has 2 aromatic rings. The molecule has 1 heterocycles. The van der Waals surface area contributed by atoms with Crippen molar-refractivity contribution in [2.24, 2.45) is 5.92 Å². The average Bonchev–Trinajstić information content (AvgIpc) is 2.62. The number of piperidine rings is 1. The lowest BCUT2D eigenvalue weighted by Gasteiger charge is -2.31. The highest BCUT2D eigenvalue weighted by Crippen LogP contribution is 2.25. The van der Waals surface area contributed by atoms with Crippen molar-refractivity contribution < 1.29 is 21.9 Å². The maximum atomic E-state index is 13.0. The molecule has 0 spiro atoms. The largest absolute Gasteiger partial charge is 0.493 e. The zero-order valence-corrected chi connectivity index (χ0v) is 14.4. The Kier molecular flexibility index (Phi) is 5.34. The molecular weight excluding hydrogens is 348 g/mol. The first-order valence-electron chi connectivity index (χ1n) is 8.09. The predicted octanol–water partition coefficient (Wildman–Crippen LogP) is 3.44. The molecule has 0 saturated carbocycles. The van der Waals surface area contributed by atoms with Gasteiger partial charge in [-0.1, -0.05) is 0 Å². The van der Waals surface area contributed by atoms with E-state index in [2.05, 4.69) is 0 Å². The molecule has 1 aliphatic heterocycles. The van der Waals surface area contributed by atoms with E-state index < -0.39 is 15.8 Å². The van der Waals surface area contributed by atoms with Crippen molar-refractivity contribution in [1.29, 1.82) is 0 Å². The Morgan fingerprint density at radius 3 is 2.00 bits per heavy atom. The Labute approximate surface area is 146 Å². The average molecular weight is 367 g/mol. The summed E-state index contributed by atoms with van der Waals surface area (Å²) < 4.78 is 58.0. The van der Waals surface area contributed by atoms with Crippen LogP contribution in [0.4, 0.5) is 8.78 Å². The van der Waals surface area contributed by atoms with Crippen LogP contribution in [0.3, 0.4) is 0 Å². The molecule has 0 aliphatic carbocycles. The van der Waals surface area contributed by atoms with Gasteiger partial charge in [-0.2, -0.15) is 4.31 Å². The minimum atomic E-state index is -3.59. The van der Waals surface area contributed by atoms with E-state index in [9.17, 15) is 17.2 Å². The lowest BCUT2D eigenvalue weighted by Crippen LogP contribution is -2.39. The van der Waals surface area contributed by atoms with E-state index in [-0.39, 0.29) is 16.6 Å². The van der Waals surface area contributed by atoms with Crippen LogP contribution in [0.1, 0.15) is 12.8 Å². The molecule has 1 fully saturated rings. The van der Waals surface area contributed by atoms with E-state index in [1.165, 1.54) is 28.6 Å². The van der Waals surface area contributed by atoms with E-state index in [0.717, 1.165) is 12.1 Å². The Morgan fingerprint density at radius 1 is 0.920 bits per heavy atom. The second kappa shape index (κ2) is 7.49. The van der Waals surface area contributed by atoms with Crippen LogP contribution in [0.15, 0.2) is 53.4 Å². The van der Waals surface area contributed by atoms with E-state index in [4.69, 9.17) is 4.74 Å². The zero-order chi connectivity index (χ0) is 17.9. The highest BCUT2D eigenvalue weighted by atomic mass is 32.2. The molecule has 7 heteroatoms. The maximum absolute atomic E-state index is 13.0. The molecule has 0 unspecified atom stereocenters. The third-order valence-corrected chi connectivity index (χ3v) is 6.24. The fourth-order valence-electron chi connectivity index (χ4n) is 2.82. The first-order valence-corrected chi connectivity index (χ1v) is 9.53. The third-order valence-electron chi connectivity index (χ3n) is 4.32. The Morgan fingerprint density at radius 2 is 1.44 bits per heavy atom. The van der Waals surface area contributed by atoms with Crippen LogP contribution >= 0.6 is 0 Å². The standard InChI is InChI=1S/C18H19F2NO3S/c19-15-1-5-17(6-2-15)24-13-14-9-11-21(12-10-14)25(22,23)18-7-3-16(20)4-8-18/h1-8,14H,9-13H2. The smallest absolute Gasteiger partial charge is 0.243 e. The van der Waals surface area contributed by atoms with Crippen LogP contribution < -0.4 is 4.74 Å². The zero-order valence-electron chi connectivity index (χ0n) is 13.6. The summed E-state index contributed by atoms with van der Waals surface area (Å²) in [4.78, 5) is 0.106. The second-order valence-electron chi connectivity index (χ2n) is 6.07. The Bertz CT molecular complexity index is 799. The predicted molar refractivity (Wildman–Crippen MR) is 89.8 cm³/mol. The number of rotatable bonds is 5. The molecule has 0 amide bonds. The summed E-state index contributed by atoms with van der Waals surface area (Å²) in [5.74, 6) is 0.0646. The highest BCUT2D eigenvalue weighted by molar-refractivity contribution is 7.89. The molecule has 0 bridgehead atoms. The second-order valence-corrected chi connectivity index (χ2v) is 8.00. The Hall–Kier alpha value is -1.99. The number of halogens is 2. The van der Waals surface area contributed by atoms with Crippen LogP contribution in [0, 0.1) is 17.6 Å². The summed E-state index contributed by atoms with van der Waals surface area (Å²) >= 11 is 0. The minimum absolute atomic E-state index is 0.106. The topological polar surface area (TPSA) is 46.6 Å². The van der Waals surface area contributed by atoms with Gasteiger partial charge in [0.2, 0.25) is 10.0 Å². The van der Waals surface area contributed by atoms with Gasteiger partial charge in [0.15, 0.2) is 0 Å². The number of hydrogen-bond donors (Lipinski definition) is 0. The molecule has 0 atom stereocenters. The minimum Gasteiger partial charge on any atom is -0.493 e. The molecule has 1 aliphatic rings.